The summed E-state index contributed by atoms with van der Waals surface area (Å²) in [6, 6.07) is 0. The van der Waals surface area contributed by atoms with Gasteiger partial charge in [0.2, 0.25) is 0 Å². The van der Waals surface area contributed by atoms with Gasteiger partial charge >= 0.3 is 0 Å². The minimum Gasteiger partial charge on any atom is -0.295 e. The molecule has 0 atom stereocenters. The smallest absolute Gasteiger partial charge is 0.0495 e. The summed E-state index contributed by atoms with van der Waals surface area (Å²) in [5.41, 5.74) is 1.01. The molecule has 52 valence electrons. The van der Waals surface area contributed by atoms with E-state index in [4.69, 9.17) is 0 Å². The van der Waals surface area contributed by atoms with Gasteiger partial charge in [0.25, 0.3) is 0 Å². The summed E-state index contributed by atoms with van der Waals surface area (Å²) in [4.78, 5) is 8.03. The standard InChI is InChI=1S/C7H14N2/c1-4-5-9-7(2)6-8-3/h6H,4-5H2,1-3H3. The van der Waals surface area contributed by atoms with Crippen LogP contribution in [-0.2, 0) is 0 Å². The van der Waals surface area contributed by atoms with Gasteiger partial charge in [0.05, 0.1) is 0 Å². The van der Waals surface area contributed by atoms with Crippen LogP contribution in [0.15, 0.2) is 9.98 Å². The van der Waals surface area contributed by atoms with Gasteiger partial charge in [-0.2, -0.15) is 0 Å². The molecule has 0 aromatic carbocycles. The van der Waals surface area contributed by atoms with Crippen molar-refractivity contribution >= 4 is 11.9 Å². The normalized spacial score (nSPS) is 13.0. The lowest BCUT2D eigenvalue weighted by Crippen LogP contribution is -1.93. The van der Waals surface area contributed by atoms with Crippen molar-refractivity contribution in [2.75, 3.05) is 13.6 Å². The van der Waals surface area contributed by atoms with Gasteiger partial charge in [-0.15, -0.1) is 0 Å². The molecular formula is C7H14N2. The van der Waals surface area contributed by atoms with Crippen LogP contribution >= 0.6 is 0 Å². The van der Waals surface area contributed by atoms with Gasteiger partial charge in [0, 0.05) is 25.5 Å². The maximum atomic E-state index is 4.20. The number of nitrogens with zero attached hydrogens (tertiary/aromatic N) is 2. The lowest BCUT2D eigenvalue weighted by Gasteiger charge is -1.88. The monoisotopic (exact) mass is 126 g/mol. The second-order valence-corrected chi connectivity index (χ2v) is 1.91. The van der Waals surface area contributed by atoms with Crippen molar-refractivity contribution in [2.45, 2.75) is 20.3 Å². The number of hydrogen-bond acceptors (Lipinski definition) is 2. The molecular weight excluding hydrogens is 112 g/mol. The van der Waals surface area contributed by atoms with Crippen LogP contribution < -0.4 is 0 Å². The molecule has 2 heteroatoms. The zero-order chi connectivity index (χ0) is 7.11. The average Bonchev–Trinajstić information content (AvgIpc) is 1.85. The quantitative estimate of drug-likeness (QED) is 0.513. The molecule has 0 spiro atoms. The van der Waals surface area contributed by atoms with Gasteiger partial charge in [-0.25, -0.2) is 0 Å². The van der Waals surface area contributed by atoms with Crippen LogP contribution in [0.4, 0.5) is 0 Å². The third kappa shape index (κ3) is 5.21. The Morgan fingerprint density at radius 2 is 2.22 bits per heavy atom. The van der Waals surface area contributed by atoms with Gasteiger partial charge < -0.3 is 0 Å². The topological polar surface area (TPSA) is 24.7 Å². The van der Waals surface area contributed by atoms with E-state index in [0.717, 1.165) is 18.7 Å². The largest absolute Gasteiger partial charge is 0.295 e. The first kappa shape index (κ1) is 8.34. The summed E-state index contributed by atoms with van der Waals surface area (Å²) >= 11 is 0. The van der Waals surface area contributed by atoms with Crippen molar-refractivity contribution in [3.63, 3.8) is 0 Å². The van der Waals surface area contributed by atoms with Crippen molar-refractivity contribution < 1.29 is 0 Å². The Hall–Kier alpha value is -0.660. The van der Waals surface area contributed by atoms with Gasteiger partial charge in [-0.05, 0) is 13.3 Å². The molecule has 0 unspecified atom stereocenters. The number of aliphatic imine (C=N–C) groups is 2. The molecule has 0 saturated heterocycles. The molecule has 0 saturated carbocycles. The molecule has 0 aliphatic carbocycles. The Bertz CT molecular complexity index is 114. The Morgan fingerprint density at radius 3 is 2.67 bits per heavy atom. The fraction of sp³-hybridized carbons (Fsp3) is 0.714. The summed E-state index contributed by atoms with van der Waals surface area (Å²) in [6.45, 7) is 4.99. The first-order valence-corrected chi connectivity index (χ1v) is 3.24. The van der Waals surface area contributed by atoms with Crippen LogP contribution in [0, 0.1) is 0 Å². The molecule has 0 heterocycles. The Morgan fingerprint density at radius 1 is 1.56 bits per heavy atom. The van der Waals surface area contributed by atoms with E-state index >= 15 is 0 Å². The van der Waals surface area contributed by atoms with Crippen molar-refractivity contribution in [1.29, 1.82) is 0 Å². The van der Waals surface area contributed by atoms with Crippen molar-refractivity contribution in [2.24, 2.45) is 9.98 Å². The van der Waals surface area contributed by atoms with Crippen molar-refractivity contribution in [1.82, 2.24) is 0 Å². The van der Waals surface area contributed by atoms with E-state index in [1.165, 1.54) is 0 Å². The fourth-order valence-electron chi connectivity index (χ4n) is 0.516. The third-order valence-corrected chi connectivity index (χ3v) is 0.901. The third-order valence-electron chi connectivity index (χ3n) is 0.901. The maximum absolute atomic E-state index is 4.20. The zero-order valence-electron chi connectivity index (χ0n) is 6.39. The first-order valence-electron chi connectivity index (χ1n) is 3.24. The number of hydrogen-bond donors (Lipinski definition) is 0. The van der Waals surface area contributed by atoms with Crippen LogP contribution in [0.5, 0.6) is 0 Å². The molecule has 2 nitrogen and oxygen atoms in total. The maximum Gasteiger partial charge on any atom is 0.0495 e. The molecule has 0 radical (unpaired) electrons. The van der Waals surface area contributed by atoms with Crippen molar-refractivity contribution in [3.8, 4) is 0 Å². The molecule has 0 aromatic rings. The fourth-order valence-corrected chi connectivity index (χ4v) is 0.516. The lowest BCUT2D eigenvalue weighted by molar-refractivity contribution is 0.934. The van der Waals surface area contributed by atoms with Crippen LogP contribution in [0.25, 0.3) is 0 Å². The molecule has 0 aromatic heterocycles. The molecule has 0 amide bonds. The average molecular weight is 126 g/mol. The van der Waals surface area contributed by atoms with Crippen LogP contribution in [0.2, 0.25) is 0 Å². The zero-order valence-corrected chi connectivity index (χ0v) is 6.39. The highest BCUT2D eigenvalue weighted by molar-refractivity contribution is 6.29. The Labute approximate surface area is 56.7 Å². The molecule has 0 aliphatic rings. The highest BCUT2D eigenvalue weighted by Crippen LogP contribution is 1.79. The van der Waals surface area contributed by atoms with Crippen molar-refractivity contribution in [3.05, 3.63) is 0 Å². The first-order chi connectivity index (χ1) is 4.31. The van der Waals surface area contributed by atoms with E-state index in [1.807, 2.05) is 6.92 Å². The second-order valence-electron chi connectivity index (χ2n) is 1.91. The predicted octanol–water partition coefficient (Wildman–Crippen LogP) is 1.56. The second kappa shape index (κ2) is 5.48. The summed E-state index contributed by atoms with van der Waals surface area (Å²) in [5.74, 6) is 0. The number of rotatable bonds is 3. The van der Waals surface area contributed by atoms with Gasteiger partial charge in [0.15, 0.2) is 0 Å². The molecule has 0 rings (SSSR count). The van der Waals surface area contributed by atoms with E-state index in [-0.39, 0.29) is 0 Å². The highest BCUT2D eigenvalue weighted by atomic mass is 14.7. The SMILES string of the molecule is CCCN=C(C)C=NC. The lowest BCUT2D eigenvalue weighted by atomic mass is 10.4. The predicted molar refractivity (Wildman–Crippen MR) is 42.7 cm³/mol. The van der Waals surface area contributed by atoms with E-state index in [1.54, 1.807) is 13.3 Å². The highest BCUT2D eigenvalue weighted by Gasteiger charge is 1.79. The molecule has 9 heavy (non-hydrogen) atoms. The van der Waals surface area contributed by atoms with Crippen LogP contribution in [0.3, 0.4) is 0 Å². The van der Waals surface area contributed by atoms with E-state index in [0.29, 0.717) is 0 Å². The Kier molecular flexibility index (Phi) is 5.07. The molecule has 0 N–H and O–H groups in total. The van der Waals surface area contributed by atoms with Crippen LogP contribution in [0.1, 0.15) is 20.3 Å². The van der Waals surface area contributed by atoms with E-state index in [2.05, 4.69) is 16.9 Å². The molecule has 0 aliphatic heterocycles. The summed E-state index contributed by atoms with van der Waals surface area (Å²) in [5, 5.41) is 0. The minimum atomic E-state index is 0.915. The summed E-state index contributed by atoms with van der Waals surface area (Å²) in [6.07, 6.45) is 2.88. The Balaban J connectivity index is 3.55. The van der Waals surface area contributed by atoms with Gasteiger partial charge in [0.1, 0.15) is 0 Å². The van der Waals surface area contributed by atoms with E-state index < -0.39 is 0 Å². The van der Waals surface area contributed by atoms with Crippen LogP contribution in [-0.4, -0.2) is 25.5 Å². The molecule has 0 fully saturated rings. The molecule has 0 bridgehead atoms. The summed E-state index contributed by atoms with van der Waals surface area (Å²) in [7, 11) is 1.75. The summed E-state index contributed by atoms with van der Waals surface area (Å²) < 4.78 is 0. The van der Waals surface area contributed by atoms with E-state index in [9.17, 15) is 0 Å². The minimum absolute atomic E-state index is 0.915. The van der Waals surface area contributed by atoms with Gasteiger partial charge in [-0.3, -0.25) is 9.98 Å². The van der Waals surface area contributed by atoms with Gasteiger partial charge in [-0.1, -0.05) is 6.92 Å².